The zero-order valence-electron chi connectivity index (χ0n) is 23.3. The van der Waals surface area contributed by atoms with E-state index < -0.39 is 23.7 Å². The monoisotopic (exact) mass is 569 g/mol. The molecule has 1 heterocycles. The van der Waals surface area contributed by atoms with E-state index in [1.54, 1.807) is 73.7 Å². The van der Waals surface area contributed by atoms with Crippen LogP contribution in [-0.4, -0.2) is 34.3 Å². The van der Waals surface area contributed by atoms with Crippen molar-refractivity contribution in [2.45, 2.75) is 25.7 Å². The highest BCUT2D eigenvalue weighted by atomic mass is 16.3. The van der Waals surface area contributed by atoms with Crippen LogP contribution in [-0.2, 0) is 19.2 Å². The molecule has 7 heteroatoms. The van der Waals surface area contributed by atoms with E-state index in [2.05, 4.69) is 0 Å². The van der Waals surface area contributed by atoms with Gasteiger partial charge in [0.05, 0.1) is 17.5 Å². The lowest BCUT2D eigenvalue weighted by Crippen LogP contribution is -2.39. The molecule has 2 amide bonds. The largest absolute Gasteiger partial charge is 0.508 e. The van der Waals surface area contributed by atoms with Crippen molar-refractivity contribution in [1.82, 2.24) is 0 Å². The number of anilines is 1. The number of Topliss-reactive ketones (excluding diaryl/α,β-unsaturated/α-hetero) is 1. The average Bonchev–Trinajstić information content (AvgIpc) is 3.28. The number of benzene rings is 3. The van der Waals surface area contributed by atoms with E-state index in [1.165, 1.54) is 17.0 Å². The van der Waals surface area contributed by atoms with Gasteiger partial charge in [-0.05, 0) is 73.7 Å². The quantitative estimate of drug-likeness (QED) is 0.199. The molecule has 0 unspecified atom stereocenters. The first-order chi connectivity index (χ1) is 20.7. The highest BCUT2D eigenvalue weighted by molar-refractivity contribution is 6.25. The van der Waals surface area contributed by atoms with Gasteiger partial charge in [0.1, 0.15) is 5.75 Å². The van der Waals surface area contributed by atoms with Crippen molar-refractivity contribution in [2.24, 2.45) is 17.8 Å². The molecule has 3 aromatic carbocycles. The molecule has 212 valence electrons. The second-order valence-electron chi connectivity index (χ2n) is 11.6. The molecule has 1 saturated heterocycles. The summed E-state index contributed by atoms with van der Waals surface area (Å²) in [6.45, 7) is 1.61. The lowest BCUT2D eigenvalue weighted by Gasteiger charge is -2.42. The van der Waals surface area contributed by atoms with Gasteiger partial charge in [-0.3, -0.25) is 28.9 Å². The van der Waals surface area contributed by atoms with E-state index >= 15 is 0 Å². The van der Waals surface area contributed by atoms with Crippen LogP contribution < -0.4 is 4.90 Å². The molecule has 7 rings (SSSR count). The fourth-order valence-electron chi connectivity index (χ4n) is 7.24. The molecule has 4 aliphatic rings. The van der Waals surface area contributed by atoms with E-state index in [1.807, 2.05) is 12.1 Å². The van der Waals surface area contributed by atoms with Gasteiger partial charge in [-0.15, -0.1) is 0 Å². The summed E-state index contributed by atoms with van der Waals surface area (Å²) < 4.78 is 0. The minimum absolute atomic E-state index is 0.0323. The highest BCUT2D eigenvalue weighted by Crippen LogP contribution is 2.55. The molecule has 1 fully saturated rings. The van der Waals surface area contributed by atoms with Crippen LogP contribution in [0.15, 0.2) is 113 Å². The summed E-state index contributed by atoms with van der Waals surface area (Å²) in [5, 5.41) is 10.3. The predicted molar refractivity (Wildman–Crippen MR) is 158 cm³/mol. The second-order valence-corrected chi connectivity index (χ2v) is 11.6. The Morgan fingerprint density at radius 2 is 1.56 bits per heavy atom. The number of carbonyl (C=O) groups excluding carboxylic acids is 5. The Morgan fingerprint density at radius 1 is 0.837 bits per heavy atom. The summed E-state index contributed by atoms with van der Waals surface area (Å²) in [4.78, 5) is 68.7. The number of hydrogen-bond acceptors (Lipinski definition) is 6. The minimum Gasteiger partial charge on any atom is -0.508 e. The number of allylic oxidation sites excluding steroid dienone is 6. The molecule has 4 atom stereocenters. The molecule has 0 aromatic heterocycles. The van der Waals surface area contributed by atoms with Crippen molar-refractivity contribution in [3.8, 4) is 5.75 Å². The molecular weight excluding hydrogens is 542 g/mol. The fraction of sp³-hybridized carbons (Fsp3) is 0.194. The first-order valence-corrected chi connectivity index (χ1v) is 14.3. The molecule has 1 N–H and O–H groups in total. The van der Waals surface area contributed by atoms with E-state index in [0.29, 0.717) is 45.5 Å². The predicted octanol–water partition coefficient (Wildman–Crippen LogP) is 5.26. The summed E-state index contributed by atoms with van der Waals surface area (Å²) >= 11 is 0. The van der Waals surface area contributed by atoms with Crippen LogP contribution in [0.4, 0.5) is 5.69 Å². The zero-order valence-corrected chi connectivity index (χ0v) is 23.3. The molecule has 0 spiro atoms. The van der Waals surface area contributed by atoms with Crippen molar-refractivity contribution < 1.29 is 29.1 Å². The van der Waals surface area contributed by atoms with Gasteiger partial charge in [0.15, 0.2) is 17.3 Å². The minimum atomic E-state index is -0.707. The van der Waals surface area contributed by atoms with E-state index in [0.717, 1.165) is 5.57 Å². The summed E-state index contributed by atoms with van der Waals surface area (Å²) in [6, 6.07) is 22.0. The smallest absolute Gasteiger partial charge is 0.238 e. The van der Waals surface area contributed by atoms with Crippen LogP contribution in [0, 0.1) is 17.8 Å². The van der Waals surface area contributed by atoms with Crippen molar-refractivity contribution in [3.05, 3.63) is 130 Å². The number of rotatable bonds is 4. The van der Waals surface area contributed by atoms with Gasteiger partial charge in [0, 0.05) is 33.8 Å². The Labute approximate surface area is 247 Å². The lowest BCUT2D eigenvalue weighted by atomic mass is 9.59. The third-order valence-electron chi connectivity index (χ3n) is 9.19. The van der Waals surface area contributed by atoms with E-state index in [9.17, 15) is 29.1 Å². The van der Waals surface area contributed by atoms with E-state index in [-0.39, 0.29) is 41.3 Å². The van der Waals surface area contributed by atoms with Crippen molar-refractivity contribution >= 4 is 34.9 Å². The Morgan fingerprint density at radius 3 is 2.28 bits per heavy atom. The Balaban J connectivity index is 1.25. The van der Waals surface area contributed by atoms with Gasteiger partial charge in [-0.1, -0.05) is 54.1 Å². The molecule has 1 aliphatic heterocycles. The Hall–Kier alpha value is -5.17. The van der Waals surface area contributed by atoms with Crippen LogP contribution in [0.3, 0.4) is 0 Å². The van der Waals surface area contributed by atoms with Crippen LogP contribution in [0.5, 0.6) is 5.75 Å². The van der Waals surface area contributed by atoms with Crippen LogP contribution in [0.1, 0.15) is 47.2 Å². The molecule has 0 radical (unpaired) electrons. The maximum Gasteiger partial charge on any atom is 0.238 e. The maximum atomic E-state index is 14.1. The molecule has 0 bridgehead atoms. The number of imide groups is 1. The molecule has 3 aromatic rings. The van der Waals surface area contributed by atoms with Gasteiger partial charge in [-0.25, -0.2) is 0 Å². The van der Waals surface area contributed by atoms with Crippen molar-refractivity contribution in [2.75, 3.05) is 4.90 Å². The maximum absolute atomic E-state index is 14.1. The number of phenols is 1. The first kappa shape index (κ1) is 26.7. The van der Waals surface area contributed by atoms with Gasteiger partial charge in [0.25, 0.3) is 0 Å². The standard InChI is InChI=1S/C36H27NO6/c1-19-16-29(39)32-28(33(19)40)18-27-25(30(32)22-8-5-9-24(38)17-22)14-15-26-31(27)36(43)37(35(26)42)23-12-10-21(11-13-23)34(41)20-6-3-2-4-7-20/h2-14,16-17,26-27,30-31,38H,15,18H2,1H3/t26-,27+,30-,31-/m0/s1. The second kappa shape index (κ2) is 9.98. The van der Waals surface area contributed by atoms with Gasteiger partial charge >= 0.3 is 0 Å². The molecule has 3 aliphatic carbocycles. The fourth-order valence-corrected chi connectivity index (χ4v) is 7.24. The summed E-state index contributed by atoms with van der Waals surface area (Å²) in [5.41, 5.74) is 3.96. The lowest BCUT2D eigenvalue weighted by molar-refractivity contribution is -0.123. The number of fused-ring (bicyclic) bond motifs is 3. The third-order valence-corrected chi connectivity index (χ3v) is 9.19. The van der Waals surface area contributed by atoms with Gasteiger partial charge in [-0.2, -0.15) is 0 Å². The van der Waals surface area contributed by atoms with Crippen LogP contribution in [0.25, 0.3) is 0 Å². The van der Waals surface area contributed by atoms with E-state index in [4.69, 9.17) is 0 Å². The number of phenolic OH excluding ortho intramolecular Hbond substituents is 1. The number of carbonyl (C=O) groups is 5. The topological polar surface area (TPSA) is 109 Å². The number of ketones is 3. The highest BCUT2D eigenvalue weighted by Gasteiger charge is 2.56. The van der Waals surface area contributed by atoms with Gasteiger partial charge in [0.2, 0.25) is 11.8 Å². The number of amides is 2. The number of nitrogens with zero attached hydrogens (tertiary/aromatic N) is 1. The summed E-state index contributed by atoms with van der Waals surface area (Å²) in [6.07, 6.45) is 3.81. The SMILES string of the molecule is CC1=CC(=O)C2=C(C[C@@H]3C(=CC[C@@H]4C(=O)N(c5ccc(C(=O)c6ccccc6)cc5)C(=O)[C@@H]43)[C@@H]2c2cccc(O)c2)C1=O. The van der Waals surface area contributed by atoms with Crippen molar-refractivity contribution in [1.29, 1.82) is 0 Å². The molecule has 43 heavy (non-hydrogen) atoms. The Bertz CT molecular complexity index is 1850. The zero-order chi connectivity index (χ0) is 30.0. The third kappa shape index (κ3) is 4.14. The first-order valence-electron chi connectivity index (χ1n) is 14.3. The average molecular weight is 570 g/mol. The number of hydrogen-bond donors (Lipinski definition) is 1. The molecule has 7 nitrogen and oxygen atoms in total. The molecule has 0 saturated carbocycles. The summed E-state index contributed by atoms with van der Waals surface area (Å²) in [7, 11) is 0. The Kier molecular flexibility index (Phi) is 6.20. The normalized spacial score (nSPS) is 24.7. The summed E-state index contributed by atoms with van der Waals surface area (Å²) in [5.74, 6) is -3.66. The van der Waals surface area contributed by atoms with Crippen LogP contribution >= 0.6 is 0 Å². The number of aromatic hydroxyl groups is 1. The van der Waals surface area contributed by atoms with Crippen molar-refractivity contribution in [3.63, 3.8) is 0 Å². The van der Waals surface area contributed by atoms with Crippen LogP contribution in [0.2, 0.25) is 0 Å². The van der Waals surface area contributed by atoms with Gasteiger partial charge < -0.3 is 5.11 Å². The molecular formula is C36H27NO6.